The summed E-state index contributed by atoms with van der Waals surface area (Å²) in [5.74, 6) is -0.136. The van der Waals surface area contributed by atoms with E-state index in [-0.39, 0.29) is 22.3 Å². The predicted molar refractivity (Wildman–Crippen MR) is 101 cm³/mol. The lowest BCUT2D eigenvalue weighted by Crippen LogP contribution is -2.64. The van der Waals surface area contributed by atoms with Gasteiger partial charge in [-0.1, -0.05) is 11.6 Å². The van der Waals surface area contributed by atoms with E-state index in [1.54, 1.807) is 12.1 Å². The Morgan fingerprint density at radius 3 is 2.14 bits per heavy atom. The van der Waals surface area contributed by atoms with Crippen LogP contribution in [-0.2, 0) is 9.09 Å². The number of hydrogen-bond donors (Lipinski definition) is 8. The number of nitrogens with one attached hydrogen (secondary N) is 1. The number of aliphatic hydroxyl groups is 5. The van der Waals surface area contributed by atoms with E-state index in [0.717, 1.165) is 0 Å². The summed E-state index contributed by atoms with van der Waals surface area (Å²) in [6, 6.07) is 3.30. The number of benzene rings is 1. The Labute approximate surface area is 171 Å². The van der Waals surface area contributed by atoms with E-state index in [0.29, 0.717) is 9.99 Å². The van der Waals surface area contributed by atoms with Gasteiger partial charge in [-0.05, 0) is 28.1 Å². The average Bonchev–Trinajstić information content (AvgIpc) is 3.01. The van der Waals surface area contributed by atoms with Gasteiger partial charge in [0.1, 0.15) is 36.6 Å². The maximum Gasteiger partial charge on any atom is 0.527 e. The van der Waals surface area contributed by atoms with E-state index < -0.39 is 44.4 Å². The highest BCUT2D eigenvalue weighted by molar-refractivity contribution is 9.10. The van der Waals surface area contributed by atoms with Crippen LogP contribution in [0, 0.1) is 0 Å². The van der Waals surface area contributed by atoms with Gasteiger partial charge in [-0.2, -0.15) is 0 Å². The van der Waals surface area contributed by atoms with Gasteiger partial charge in [0.05, 0.1) is 15.9 Å². The summed E-state index contributed by atoms with van der Waals surface area (Å²) in [6.45, 7) is 0. The number of aromatic nitrogens is 1. The van der Waals surface area contributed by atoms with Crippen molar-refractivity contribution >= 4 is 46.3 Å². The molecule has 1 aromatic heterocycles. The van der Waals surface area contributed by atoms with Gasteiger partial charge in [-0.25, -0.2) is 4.57 Å². The van der Waals surface area contributed by atoms with Crippen LogP contribution in [0.25, 0.3) is 10.9 Å². The second-order valence-electron chi connectivity index (χ2n) is 6.02. The summed E-state index contributed by atoms with van der Waals surface area (Å²) in [6.07, 6.45) is -10.2. The number of aliphatic hydroxyl groups excluding tert-OH is 5. The van der Waals surface area contributed by atoms with Crippen LogP contribution >= 0.6 is 35.4 Å². The lowest BCUT2D eigenvalue weighted by Gasteiger charge is -2.41. The molecule has 0 amide bonds. The summed E-state index contributed by atoms with van der Waals surface area (Å²) in [4.78, 5) is 12.8. The quantitative estimate of drug-likeness (QED) is 0.269. The molecule has 1 fully saturated rings. The van der Waals surface area contributed by atoms with Crippen molar-refractivity contribution in [3.05, 3.63) is 27.8 Å². The topological polar surface area (TPSA) is 208 Å². The Morgan fingerprint density at radius 1 is 1.04 bits per heavy atom. The third kappa shape index (κ3) is 4.23. The minimum atomic E-state index is -4.95. The summed E-state index contributed by atoms with van der Waals surface area (Å²) in [5.41, 5.74) is 0.505. The molecular weight excluding hydrogens is 486 g/mol. The number of aromatic amines is 1. The Hall–Kier alpha value is -0.760. The highest BCUT2D eigenvalue weighted by atomic mass is 79.9. The molecule has 28 heavy (non-hydrogen) atoms. The van der Waals surface area contributed by atoms with Crippen molar-refractivity contribution in [1.82, 2.24) is 11.1 Å². The predicted octanol–water partition coefficient (Wildman–Crippen LogP) is 0.428. The fourth-order valence-corrected chi connectivity index (χ4v) is 4.40. The summed E-state index contributed by atoms with van der Waals surface area (Å²) in [7, 11) is -4.95. The lowest BCUT2D eigenvalue weighted by atomic mass is 9.85. The minimum Gasteiger partial charge on any atom is -0.402 e. The fraction of sp³-hybridized carbons (Fsp3) is 0.429. The second-order valence-corrected chi connectivity index (χ2v) is 8.58. The molecule has 0 radical (unpaired) electrons. The minimum absolute atomic E-state index is 0. The Bertz CT molecular complexity index is 883. The maximum absolute atomic E-state index is 12.4. The van der Waals surface area contributed by atoms with Gasteiger partial charge in [-0.15, -0.1) is 0 Å². The van der Waals surface area contributed by atoms with Gasteiger partial charge < -0.3 is 41.2 Å². The second kappa shape index (κ2) is 8.54. The van der Waals surface area contributed by atoms with Crippen LogP contribution in [0.5, 0.6) is 5.75 Å². The first kappa shape index (κ1) is 23.5. The SMILES string of the molecule is N.O=P(O)(Oc1c[nH]c2ccc(Br)c(Cl)c12)OC1[C@H](O)[C@H](O)C(O)[C@H](O)[C@H]1O. The summed E-state index contributed by atoms with van der Waals surface area (Å²) >= 11 is 9.38. The molecule has 1 aliphatic carbocycles. The van der Waals surface area contributed by atoms with Crippen LogP contribution in [0.15, 0.2) is 22.8 Å². The number of hydrogen-bond acceptors (Lipinski definition) is 9. The normalized spacial score (nSPS) is 32.6. The highest BCUT2D eigenvalue weighted by Gasteiger charge is 2.51. The number of fused-ring (bicyclic) bond motifs is 1. The van der Waals surface area contributed by atoms with Crippen LogP contribution in [0.3, 0.4) is 0 Å². The summed E-state index contributed by atoms with van der Waals surface area (Å²) < 4.78 is 22.6. The lowest BCUT2D eigenvalue weighted by molar-refractivity contribution is -0.219. The molecule has 0 bridgehead atoms. The molecule has 3 unspecified atom stereocenters. The van der Waals surface area contributed by atoms with Gasteiger partial charge in [0.2, 0.25) is 0 Å². The van der Waals surface area contributed by atoms with Crippen molar-refractivity contribution in [2.75, 3.05) is 0 Å². The third-order valence-electron chi connectivity index (χ3n) is 4.24. The van der Waals surface area contributed by atoms with Gasteiger partial charge in [0, 0.05) is 10.7 Å². The Morgan fingerprint density at radius 2 is 1.57 bits per heavy atom. The molecule has 158 valence electrons. The van der Waals surface area contributed by atoms with E-state index in [2.05, 4.69) is 20.9 Å². The molecule has 3 rings (SSSR count). The number of phosphoric ester groups is 1. The van der Waals surface area contributed by atoms with Crippen molar-refractivity contribution in [3.8, 4) is 5.75 Å². The Kier molecular flexibility index (Phi) is 7.17. The van der Waals surface area contributed by atoms with Crippen molar-refractivity contribution in [3.63, 3.8) is 0 Å². The number of halogens is 2. The first-order valence-corrected chi connectivity index (χ1v) is 10.3. The van der Waals surface area contributed by atoms with Crippen LogP contribution < -0.4 is 10.7 Å². The van der Waals surface area contributed by atoms with Gasteiger partial charge >= 0.3 is 7.82 Å². The molecule has 1 heterocycles. The molecule has 14 heteroatoms. The molecule has 0 aliphatic heterocycles. The largest absolute Gasteiger partial charge is 0.527 e. The van der Waals surface area contributed by atoms with Crippen LogP contribution in [0.2, 0.25) is 5.02 Å². The zero-order valence-corrected chi connectivity index (χ0v) is 17.3. The van der Waals surface area contributed by atoms with Crippen molar-refractivity contribution in [2.24, 2.45) is 0 Å². The average molecular weight is 506 g/mol. The molecule has 0 spiro atoms. The van der Waals surface area contributed by atoms with E-state index in [9.17, 15) is 35.0 Å². The van der Waals surface area contributed by atoms with Gasteiger partial charge in [0.25, 0.3) is 0 Å². The van der Waals surface area contributed by atoms with Crippen LogP contribution in [-0.4, -0.2) is 72.0 Å². The maximum atomic E-state index is 12.4. The van der Waals surface area contributed by atoms with Crippen molar-refractivity contribution in [2.45, 2.75) is 36.6 Å². The first-order valence-electron chi connectivity index (χ1n) is 7.59. The zero-order valence-electron chi connectivity index (χ0n) is 14.0. The van der Waals surface area contributed by atoms with Gasteiger partial charge in [0.15, 0.2) is 5.75 Å². The molecule has 0 saturated heterocycles. The molecule has 10 N–H and O–H groups in total. The molecule has 7 atom stereocenters. The first-order chi connectivity index (χ1) is 12.5. The monoisotopic (exact) mass is 504 g/mol. The van der Waals surface area contributed by atoms with Gasteiger partial charge in [-0.3, -0.25) is 9.42 Å². The van der Waals surface area contributed by atoms with E-state index >= 15 is 0 Å². The number of H-pyrrole nitrogens is 1. The Balaban J connectivity index is 0.00000280. The number of rotatable bonds is 4. The van der Waals surface area contributed by atoms with Crippen LogP contribution in [0.1, 0.15) is 0 Å². The highest BCUT2D eigenvalue weighted by Crippen LogP contribution is 2.50. The molecular formula is C14H19BrClN2O9P. The zero-order chi connectivity index (χ0) is 20.1. The molecule has 2 aromatic rings. The van der Waals surface area contributed by atoms with E-state index in [1.165, 1.54) is 6.20 Å². The van der Waals surface area contributed by atoms with Crippen LogP contribution in [0.4, 0.5) is 0 Å². The van der Waals surface area contributed by atoms with Crippen molar-refractivity contribution < 1.29 is 44.0 Å². The van der Waals surface area contributed by atoms with E-state index in [1.807, 2.05) is 0 Å². The molecule has 11 nitrogen and oxygen atoms in total. The molecule has 1 aromatic carbocycles. The smallest absolute Gasteiger partial charge is 0.402 e. The molecule has 1 aliphatic rings. The summed E-state index contributed by atoms with van der Waals surface area (Å²) in [5, 5.41) is 49.2. The third-order valence-corrected chi connectivity index (χ3v) is 6.46. The van der Waals surface area contributed by atoms with Crippen molar-refractivity contribution in [1.29, 1.82) is 0 Å². The molecule has 1 saturated carbocycles. The standard InChI is InChI=1S/C14H16BrClNO9P.H3N/c15-4-1-2-5-7(8(4)16)6(3-17-5)25-27(23,24)26-14-12(21)10(19)9(18)11(20)13(14)22;/h1-3,9-14,17-22H,(H,23,24);1H3/t9?,10-,11+,12-,13-,14?;/m1./s1. The number of phosphoric acid groups is 1. The van der Waals surface area contributed by atoms with E-state index in [4.69, 9.17) is 20.6 Å². The fourth-order valence-electron chi connectivity index (χ4n) is 2.82.